The number of aryl methyl sites for hydroxylation is 1. The summed E-state index contributed by atoms with van der Waals surface area (Å²) < 4.78 is 0. The van der Waals surface area contributed by atoms with Crippen LogP contribution in [-0.4, -0.2) is 32.3 Å². The molecule has 3 aromatic heterocycles. The van der Waals surface area contributed by atoms with Gasteiger partial charge in [0, 0.05) is 30.9 Å². The molecule has 0 bridgehead atoms. The second-order valence-electron chi connectivity index (χ2n) is 6.17. The van der Waals surface area contributed by atoms with E-state index in [4.69, 9.17) is 4.98 Å². The van der Waals surface area contributed by atoms with Gasteiger partial charge in [0.25, 0.3) is 5.91 Å². The summed E-state index contributed by atoms with van der Waals surface area (Å²) >= 11 is 1.50. The van der Waals surface area contributed by atoms with Gasteiger partial charge >= 0.3 is 0 Å². The molecule has 5 nitrogen and oxygen atoms in total. The van der Waals surface area contributed by atoms with Crippen molar-refractivity contribution in [3.05, 3.63) is 63.7 Å². The Morgan fingerprint density at radius 2 is 2.16 bits per heavy atom. The minimum absolute atomic E-state index is 0.0319. The van der Waals surface area contributed by atoms with Gasteiger partial charge in [0.1, 0.15) is 5.69 Å². The second kappa shape index (κ2) is 6.37. The van der Waals surface area contributed by atoms with Gasteiger partial charge in [-0.15, -0.1) is 11.3 Å². The first-order valence-corrected chi connectivity index (χ1v) is 9.15. The minimum Gasteiger partial charge on any atom is -0.331 e. The Morgan fingerprint density at radius 1 is 1.28 bits per heavy atom. The average molecular weight is 350 g/mol. The molecule has 0 fully saturated rings. The predicted octanol–water partition coefficient (Wildman–Crippen LogP) is 3.67. The first-order valence-electron chi connectivity index (χ1n) is 8.27. The largest absolute Gasteiger partial charge is 0.331 e. The Morgan fingerprint density at radius 3 is 2.88 bits per heavy atom. The number of thiophene rings is 1. The van der Waals surface area contributed by atoms with Crippen molar-refractivity contribution in [3.63, 3.8) is 0 Å². The summed E-state index contributed by atoms with van der Waals surface area (Å²) in [5.41, 5.74) is 3.84. The summed E-state index contributed by atoms with van der Waals surface area (Å²) in [4.78, 5) is 29.1. The maximum Gasteiger partial charge on any atom is 0.264 e. The van der Waals surface area contributed by atoms with Crippen molar-refractivity contribution in [2.24, 2.45) is 0 Å². The normalized spacial score (nSPS) is 16.6. The average Bonchev–Trinajstić information content (AvgIpc) is 3.08. The summed E-state index contributed by atoms with van der Waals surface area (Å²) in [5.74, 6) is 0.736. The van der Waals surface area contributed by atoms with Crippen molar-refractivity contribution in [1.82, 2.24) is 19.9 Å². The lowest BCUT2D eigenvalue weighted by Crippen LogP contribution is -2.39. The third kappa shape index (κ3) is 2.82. The van der Waals surface area contributed by atoms with Gasteiger partial charge in [-0.25, -0.2) is 9.97 Å². The number of carbonyl (C=O) groups excluding carboxylic acids is 1. The third-order valence-electron chi connectivity index (χ3n) is 4.62. The molecule has 1 unspecified atom stereocenters. The second-order valence-corrected chi connectivity index (χ2v) is 7.08. The van der Waals surface area contributed by atoms with E-state index >= 15 is 0 Å². The number of carbonyl (C=O) groups is 1. The van der Waals surface area contributed by atoms with E-state index in [9.17, 15) is 4.79 Å². The van der Waals surface area contributed by atoms with E-state index in [2.05, 4.69) is 9.97 Å². The molecule has 0 spiro atoms. The fourth-order valence-corrected chi connectivity index (χ4v) is 4.06. The number of fused-ring (bicyclic) bond motifs is 1. The van der Waals surface area contributed by atoms with E-state index in [1.165, 1.54) is 11.3 Å². The topological polar surface area (TPSA) is 59.0 Å². The maximum absolute atomic E-state index is 12.9. The van der Waals surface area contributed by atoms with Crippen LogP contribution >= 0.6 is 11.3 Å². The van der Waals surface area contributed by atoms with Crippen LogP contribution in [0.2, 0.25) is 0 Å². The highest BCUT2D eigenvalue weighted by Gasteiger charge is 2.30. The van der Waals surface area contributed by atoms with Gasteiger partial charge in [-0.05, 0) is 43.0 Å². The molecule has 0 saturated carbocycles. The SMILES string of the molecule is Cc1ccsc1C(=O)N1CCc2nc(-c3ccccn3)ncc2C1C. The van der Waals surface area contributed by atoms with Crippen LogP contribution in [0.1, 0.15) is 39.5 Å². The van der Waals surface area contributed by atoms with Crippen molar-refractivity contribution in [3.8, 4) is 11.5 Å². The highest BCUT2D eigenvalue weighted by Crippen LogP contribution is 2.31. The molecule has 1 aliphatic rings. The molecule has 0 aromatic carbocycles. The maximum atomic E-state index is 12.9. The van der Waals surface area contributed by atoms with E-state index in [1.54, 1.807) is 6.20 Å². The van der Waals surface area contributed by atoms with Crippen molar-refractivity contribution in [2.45, 2.75) is 26.3 Å². The van der Waals surface area contributed by atoms with Gasteiger partial charge in [0.05, 0.1) is 16.6 Å². The molecule has 4 heterocycles. The number of hydrogen-bond acceptors (Lipinski definition) is 5. The first kappa shape index (κ1) is 15.9. The zero-order chi connectivity index (χ0) is 17.4. The highest BCUT2D eigenvalue weighted by atomic mass is 32.1. The summed E-state index contributed by atoms with van der Waals surface area (Å²) in [6.07, 6.45) is 4.32. The molecule has 0 saturated heterocycles. The first-order chi connectivity index (χ1) is 12.1. The number of aromatic nitrogens is 3. The molecule has 0 N–H and O–H groups in total. The van der Waals surface area contributed by atoms with Crippen LogP contribution in [0.3, 0.4) is 0 Å². The standard InChI is InChI=1S/C19H18N4OS/c1-12-7-10-25-17(12)19(24)23-9-6-15-14(13(23)2)11-21-18(22-15)16-5-3-4-8-20-16/h3-5,7-8,10-11,13H,6,9H2,1-2H3. The number of pyridine rings is 1. The smallest absolute Gasteiger partial charge is 0.264 e. The van der Waals surface area contributed by atoms with Gasteiger partial charge in [0.15, 0.2) is 5.82 Å². The molecule has 0 aliphatic carbocycles. The molecule has 4 rings (SSSR count). The van der Waals surface area contributed by atoms with Crippen molar-refractivity contribution < 1.29 is 4.79 Å². The quantitative estimate of drug-likeness (QED) is 0.707. The number of amides is 1. The van der Waals surface area contributed by atoms with Crippen LogP contribution in [0.25, 0.3) is 11.5 Å². The van der Waals surface area contributed by atoms with Crippen LogP contribution in [0.4, 0.5) is 0 Å². The van der Waals surface area contributed by atoms with Gasteiger partial charge in [-0.1, -0.05) is 6.07 Å². The molecule has 1 amide bonds. The van der Waals surface area contributed by atoms with Crippen molar-refractivity contribution >= 4 is 17.2 Å². The Labute approximate surface area is 150 Å². The number of nitrogens with zero attached hydrogens (tertiary/aromatic N) is 4. The molecule has 6 heteroatoms. The minimum atomic E-state index is -0.0319. The molecule has 1 atom stereocenters. The van der Waals surface area contributed by atoms with Gasteiger partial charge in [0.2, 0.25) is 0 Å². The fourth-order valence-electron chi connectivity index (χ4n) is 3.18. The summed E-state index contributed by atoms with van der Waals surface area (Å²) in [6.45, 7) is 4.69. The van der Waals surface area contributed by atoms with Crippen LogP contribution in [0.5, 0.6) is 0 Å². The lowest BCUT2D eigenvalue weighted by molar-refractivity contribution is 0.0680. The molecule has 3 aromatic rings. The van der Waals surface area contributed by atoms with Crippen LogP contribution in [-0.2, 0) is 6.42 Å². The van der Waals surface area contributed by atoms with Crippen LogP contribution < -0.4 is 0 Å². The summed E-state index contributed by atoms with van der Waals surface area (Å²) in [6, 6.07) is 7.67. The van der Waals surface area contributed by atoms with Crippen LogP contribution in [0.15, 0.2) is 42.0 Å². The lowest BCUT2D eigenvalue weighted by Gasteiger charge is -2.34. The van der Waals surface area contributed by atoms with Gasteiger partial charge < -0.3 is 4.90 Å². The van der Waals surface area contributed by atoms with Crippen LogP contribution in [0, 0.1) is 6.92 Å². The Balaban J connectivity index is 1.64. The van der Waals surface area contributed by atoms with E-state index in [0.29, 0.717) is 12.4 Å². The van der Waals surface area contributed by atoms with Gasteiger partial charge in [-0.2, -0.15) is 0 Å². The van der Waals surface area contributed by atoms with E-state index < -0.39 is 0 Å². The number of rotatable bonds is 2. The van der Waals surface area contributed by atoms with E-state index in [1.807, 2.05) is 54.6 Å². The Bertz CT molecular complexity index is 922. The lowest BCUT2D eigenvalue weighted by atomic mass is 9.99. The Hall–Kier alpha value is -2.60. The van der Waals surface area contributed by atoms with Crippen molar-refractivity contribution in [2.75, 3.05) is 6.54 Å². The molecule has 126 valence electrons. The molecular weight excluding hydrogens is 332 g/mol. The fraction of sp³-hybridized carbons (Fsp3) is 0.263. The predicted molar refractivity (Wildman–Crippen MR) is 97.5 cm³/mol. The monoisotopic (exact) mass is 350 g/mol. The molecule has 1 aliphatic heterocycles. The third-order valence-corrected chi connectivity index (χ3v) is 5.62. The zero-order valence-corrected chi connectivity index (χ0v) is 15.0. The Kier molecular flexibility index (Phi) is 4.05. The summed E-state index contributed by atoms with van der Waals surface area (Å²) in [5, 5.41) is 1.97. The zero-order valence-electron chi connectivity index (χ0n) is 14.1. The van der Waals surface area contributed by atoms with E-state index in [0.717, 1.165) is 33.8 Å². The molecule has 0 radical (unpaired) electrons. The molecule has 25 heavy (non-hydrogen) atoms. The van der Waals surface area contributed by atoms with Crippen molar-refractivity contribution in [1.29, 1.82) is 0 Å². The highest BCUT2D eigenvalue weighted by molar-refractivity contribution is 7.12. The van der Waals surface area contributed by atoms with E-state index in [-0.39, 0.29) is 11.9 Å². The number of hydrogen-bond donors (Lipinski definition) is 0. The molecular formula is C19H18N4OS. The van der Waals surface area contributed by atoms with Gasteiger partial charge in [-0.3, -0.25) is 9.78 Å². The summed E-state index contributed by atoms with van der Waals surface area (Å²) in [7, 11) is 0.